The first-order chi connectivity index (χ1) is 11.4. The normalized spacial score (nSPS) is 13.1. The van der Waals surface area contributed by atoms with E-state index in [0.717, 1.165) is 5.56 Å². The quantitative estimate of drug-likeness (QED) is 0.870. The first kappa shape index (κ1) is 16.6. The number of anilines is 1. The summed E-state index contributed by atoms with van der Waals surface area (Å²) in [6.07, 6.45) is 0.672. The molecule has 0 aromatic heterocycles. The molecular formula is C16H15ClN2O4S. The first-order valence-electron chi connectivity index (χ1n) is 7.21. The van der Waals surface area contributed by atoms with E-state index in [4.69, 9.17) is 16.3 Å². The van der Waals surface area contributed by atoms with E-state index in [1.165, 1.54) is 31.3 Å². The van der Waals surface area contributed by atoms with E-state index in [1.807, 2.05) is 0 Å². The van der Waals surface area contributed by atoms with Crippen molar-refractivity contribution in [2.75, 3.05) is 18.4 Å². The van der Waals surface area contributed by atoms with Crippen LogP contribution in [0.3, 0.4) is 0 Å². The molecule has 1 amide bonds. The summed E-state index contributed by atoms with van der Waals surface area (Å²) in [6.45, 7) is 0.548. The summed E-state index contributed by atoms with van der Waals surface area (Å²) >= 11 is 6.05. The predicted octanol–water partition coefficient (Wildman–Crippen LogP) is 2.44. The van der Waals surface area contributed by atoms with Gasteiger partial charge in [-0.2, -0.15) is 0 Å². The Labute approximate surface area is 144 Å². The second-order valence-electron chi connectivity index (χ2n) is 5.25. The minimum Gasteiger partial charge on any atom is -0.493 e. The third kappa shape index (κ3) is 3.18. The smallest absolute Gasteiger partial charge is 0.261 e. The van der Waals surface area contributed by atoms with Crippen molar-refractivity contribution in [3.63, 3.8) is 0 Å². The lowest BCUT2D eigenvalue weighted by atomic mass is 10.2. The Morgan fingerprint density at radius 3 is 2.75 bits per heavy atom. The molecule has 0 bridgehead atoms. The maximum absolute atomic E-state index is 12.6. The Bertz CT molecular complexity index is 912. The van der Waals surface area contributed by atoms with Gasteiger partial charge in [-0.05, 0) is 42.0 Å². The number of amides is 1. The van der Waals surface area contributed by atoms with Crippen LogP contribution in [0.15, 0.2) is 41.3 Å². The molecule has 3 rings (SSSR count). The fourth-order valence-corrected chi connectivity index (χ4v) is 3.76. The molecule has 0 atom stereocenters. The average molecular weight is 367 g/mol. The number of carbonyl (C=O) groups is 1. The zero-order chi connectivity index (χ0) is 17.3. The molecule has 1 aliphatic heterocycles. The van der Waals surface area contributed by atoms with Crippen molar-refractivity contribution in [2.24, 2.45) is 0 Å². The van der Waals surface area contributed by atoms with Crippen LogP contribution in [0.25, 0.3) is 0 Å². The molecule has 126 valence electrons. The summed E-state index contributed by atoms with van der Waals surface area (Å²) < 4.78 is 33.0. The number of carbonyl (C=O) groups excluding carboxylic acids is 1. The molecule has 0 radical (unpaired) electrons. The summed E-state index contributed by atoms with van der Waals surface area (Å²) in [5.74, 6) is 0.371. The van der Waals surface area contributed by atoms with Gasteiger partial charge in [0.2, 0.25) is 0 Å². The molecule has 8 heteroatoms. The highest BCUT2D eigenvalue weighted by molar-refractivity contribution is 7.92. The first-order valence-corrected chi connectivity index (χ1v) is 9.07. The van der Waals surface area contributed by atoms with Crippen molar-refractivity contribution in [3.05, 3.63) is 52.5 Å². The fraction of sp³-hybridized carbons (Fsp3) is 0.188. The Kier molecular flexibility index (Phi) is 4.38. The number of rotatable bonds is 4. The molecule has 2 aromatic carbocycles. The van der Waals surface area contributed by atoms with E-state index in [2.05, 4.69) is 10.0 Å². The number of hydrogen-bond acceptors (Lipinski definition) is 4. The largest absolute Gasteiger partial charge is 0.493 e. The zero-order valence-corrected chi connectivity index (χ0v) is 14.4. The van der Waals surface area contributed by atoms with Crippen LogP contribution in [0, 0.1) is 0 Å². The molecule has 0 saturated heterocycles. The van der Waals surface area contributed by atoms with Gasteiger partial charge in [-0.15, -0.1) is 0 Å². The number of hydrogen-bond donors (Lipinski definition) is 2. The summed E-state index contributed by atoms with van der Waals surface area (Å²) in [6, 6.07) is 9.09. The van der Waals surface area contributed by atoms with Crippen molar-refractivity contribution in [1.29, 1.82) is 0 Å². The van der Waals surface area contributed by atoms with Gasteiger partial charge in [0, 0.05) is 19.0 Å². The summed E-state index contributed by atoms with van der Waals surface area (Å²) in [4.78, 5) is 11.8. The van der Waals surface area contributed by atoms with Crippen LogP contribution in [-0.4, -0.2) is 28.0 Å². The van der Waals surface area contributed by atoms with Crippen LogP contribution in [0.1, 0.15) is 15.9 Å². The van der Waals surface area contributed by atoms with Crippen molar-refractivity contribution < 1.29 is 17.9 Å². The van der Waals surface area contributed by atoms with Crippen LogP contribution in [0.5, 0.6) is 5.75 Å². The number of ether oxygens (including phenoxy) is 1. The van der Waals surface area contributed by atoms with Gasteiger partial charge in [0.1, 0.15) is 5.75 Å². The molecule has 0 aliphatic carbocycles. The third-order valence-corrected chi connectivity index (χ3v) is 5.36. The highest BCUT2D eigenvalue weighted by Gasteiger charge is 2.20. The van der Waals surface area contributed by atoms with Crippen LogP contribution < -0.4 is 14.8 Å². The van der Waals surface area contributed by atoms with Gasteiger partial charge in [0.25, 0.3) is 15.9 Å². The number of benzene rings is 2. The number of nitrogens with one attached hydrogen (secondary N) is 2. The molecule has 0 unspecified atom stereocenters. The van der Waals surface area contributed by atoms with Crippen LogP contribution in [0.4, 0.5) is 5.69 Å². The lowest BCUT2D eigenvalue weighted by Crippen LogP contribution is -2.19. The lowest BCUT2D eigenvalue weighted by molar-refractivity contribution is 0.0963. The fourth-order valence-electron chi connectivity index (χ4n) is 2.42. The number of sulfonamides is 1. The minimum atomic E-state index is -3.83. The molecule has 0 fully saturated rings. The van der Waals surface area contributed by atoms with Gasteiger partial charge in [-0.25, -0.2) is 8.42 Å². The maximum Gasteiger partial charge on any atom is 0.261 e. The third-order valence-electron chi connectivity index (χ3n) is 3.67. The van der Waals surface area contributed by atoms with Crippen molar-refractivity contribution in [2.45, 2.75) is 11.3 Å². The van der Waals surface area contributed by atoms with Gasteiger partial charge < -0.3 is 10.1 Å². The Morgan fingerprint density at radius 2 is 2.00 bits per heavy atom. The van der Waals surface area contributed by atoms with Crippen LogP contribution in [0.2, 0.25) is 5.02 Å². The molecule has 2 aromatic rings. The Morgan fingerprint density at radius 1 is 1.21 bits per heavy atom. The molecular weight excluding hydrogens is 352 g/mol. The van der Waals surface area contributed by atoms with Crippen molar-refractivity contribution >= 4 is 33.2 Å². The average Bonchev–Trinajstić information content (AvgIpc) is 3.03. The molecule has 1 heterocycles. The zero-order valence-electron chi connectivity index (χ0n) is 12.8. The van der Waals surface area contributed by atoms with Crippen molar-refractivity contribution in [1.82, 2.24) is 5.32 Å². The maximum atomic E-state index is 12.6. The Balaban J connectivity index is 1.93. The molecule has 1 aliphatic rings. The van der Waals surface area contributed by atoms with E-state index < -0.39 is 10.0 Å². The van der Waals surface area contributed by atoms with E-state index in [1.54, 1.807) is 12.1 Å². The van der Waals surface area contributed by atoms with E-state index >= 15 is 0 Å². The van der Waals surface area contributed by atoms with E-state index in [-0.39, 0.29) is 21.5 Å². The summed E-state index contributed by atoms with van der Waals surface area (Å²) in [5.41, 5.74) is 1.31. The van der Waals surface area contributed by atoms with Crippen LogP contribution in [-0.2, 0) is 16.4 Å². The van der Waals surface area contributed by atoms with Gasteiger partial charge in [0.15, 0.2) is 0 Å². The minimum absolute atomic E-state index is 0.119. The SMILES string of the molecule is CNC(=O)c1ccc(Cl)c(NS(=O)(=O)c2ccc3c(c2)CCO3)c1. The second-order valence-corrected chi connectivity index (χ2v) is 7.34. The highest BCUT2D eigenvalue weighted by atomic mass is 35.5. The number of halogens is 1. The van der Waals surface area contributed by atoms with E-state index in [9.17, 15) is 13.2 Å². The van der Waals surface area contributed by atoms with Gasteiger partial charge >= 0.3 is 0 Å². The van der Waals surface area contributed by atoms with Gasteiger partial charge in [0.05, 0.1) is 22.2 Å². The Hall–Kier alpha value is -2.25. The number of fused-ring (bicyclic) bond motifs is 1. The highest BCUT2D eigenvalue weighted by Crippen LogP contribution is 2.30. The standard InChI is InChI=1S/C16H15ClN2O4S/c1-18-16(20)11-2-4-13(17)14(9-11)19-24(21,22)12-3-5-15-10(8-12)6-7-23-15/h2-5,8-9,19H,6-7H2,1H3,(H,18,20). The predicted molar refractivity (Wildman–Crippen MR) is 91.3 cm³/mol. The van der Waals surface area contributed by atoms with Gasteiger partial charge in [-0.3, -0.25) is 9.52 Å². The van der Waals surface area contributed by atoms with Gasteiger partial charge in [-0.1, -0.05) is 11.6 Å². The summed E-state index contributed by atoms with van der Waals surface area (Å²) in [7, 11) is -2.33. The second kappa shape index (κ2) is 6.33. The van der Waals surface area contributed by atoms with E-state index in [0.29, 0.717) is 24.3 Å². The molecule has 6 nitrogen and oxygen atoms in total. The molecule has 0 spiro atoms. The summed E-state index contributed by atoms with van der Waals surface area (Å²) in [5, 5.41) is 2.68. The van der Waals surface area contributed by atoms with Crippen LogP contribution >= 0.6 is 11.6 Å². The van der Waals surface area contributed by atoms with Crippen molar-refractivity contribution in [3.8, 4) is 5.75 Å². The molecule has 2 N–H and O–H groups in total. The lowest BCUT2D eigenvalue weighted by Gasteiger charge is -2.12. The molecule has 0 saturated carbocycles. The molecule has 24 heavy (non-hydrogen) atoms. The topological polar surface area (TPSA) is 84.5 Å². The monoisotopic (exact) mass is 366 g/mol.